The second-order valence-corrected chi connectivity index (χ2v) is 10.2. The first kappa shape index (κ1) is 28.0. The summed E-state index contributed by atoms with van der Waals surface area (Å²) in [4.78, 5) is 49.0. The Bertz CT molecular complexity index is 1450. The molecule has 3 aromatic heterocycles. The summed E-state index contributed by atoms with van der Waals surface area (Å²) in [6.07, 6.45) is -7.22. The smallest absolute Gasteiger partial charge is 0.346 e. The number of thiazole rings is 1. The van der Waals surface area contributed by atoms with E-state index in [-0.39, 0.29) is 23.2 Å². The molecule has 0 spiro atoms. The maximum Gasteiger partial charge on any atom is 0.346 e. The summed E-state index contributed by atoms with van der Waals surface area (Å²) in [6.45, 7) is 1.18. The van der Waals surface area contributed by atoms with Gasteiger partial charge in [0.2, 0.25) is 11.7 Å². The summed E-state index contributed by atoms with van der Waals surface area (Å²) in [5.41, 5.74) is -0.984. The molecule has 0 saturated carbocycles. The summed E-state index contributed by atoms with van der Waals surface area (Å²) >= 11 is 1.23. The number of nitrogens with one attached hydrogen (secondary N) is 1. The number of rotatable bonds is 7. The van der Waals surface area contributed by atoms with E-state index in [1.165, 1.54) is 34.4 Å². The number of carboxylic acids is 1. The zero-order chi connectivity index (χ0) is 28.7. The largest absolute Gasteiger partial charge is 0.479 e. The van der Waals surface area contributed by atoms with Gasteiger partial charge in [0.25, 0.3) is 0 Å². The van der Waals surface area contributed by atoms with Crippen LogP contribution in [0.2, 0.25) is 0 Å². The Hall–Kier alpha value is -3.51. The van der Waals surface area contributed by atoms with Gasteiger partial charge in [-0.3, -0.25) is 9.36 Å². The number of carbonyl (C=O) groups excluding carboxylic acids is 1. The number of aliphatic hydroxyl groups is 3. The Morgan fingerprint density at radius 3 is 2.58 bits per heavy atom. The van der Waals surface area contributed by atoms with E-state index >= 15 is 0 Å². The number of pyridine rings is 2. The number of carboxylic acid groups (broad SMARTS) is 1. The SMILES string of the molecule is CN[C@H]1CN(c2ccc3c(=O)c(C(=O)OC4OC(C(=O)O)C(O)C(O)C4O)cn(-c4nccs4)c3n2)C[C@@H]1OC. The van der Waals surface area contributed by atoms with Gasteiger partial charge in [-0.25, -0.2) is 19.6 Å². The molecule has 2 aliphatic heterocycles. The maximum absolute atomic E-state index is 13.4. The molecule has 0 aliphatic carbocycles. The summed E-state index contributed by atoms with van der Waals surface area (Å²) in [5, 5.41) is 44.8. The van der Waals surface area contributed by atoms with E-state index in [1.54, 1.807) is 18.6 Å². The van der Waals surface area contributed by atoms with Crippen LogP contribution in [0.25, 0.3) is 16.2 Å². The van der Waals surface area contributed by atoms with Crippen molar-refractivity contribution in [2.45, 2.75) is 42.9 Å². The van der Waals surface area contributed by atoms with Crippen LogP contribution >= 0.6 is 11.3 Å². The van der Waals surface area contributed by atoms with Crippen molar-refractivity contribution in [1.82, 2.24) is 19.9 Å². The van der Waals surface area contributed by atoms with E-state index in [0.717, 1.165) is 0 Å². The average Bonchev–Trinajstić information content (AvgIpc) is 3.63. The van der Waals surface area contributed by atoms with E-state index in [1.807, 2.05) is 11.9 Å². The van der Waals surface area contributed by atoms with Crippen LogP contribution in [-0.2, 0) is 19.0 Å². The first-order valence-electron chi connectivity index (χ1n) is 12.2. The lowest BCUT2D eigenvalue weighted by Gasteiger charge is -2.37. The van der Waals surface area contributed by atoms with Crippen molar-refractivity contribution in [2.24, 2.45) is 0 Å². The molecular weight excluding hydrogens is 550 g/mol. The highest BCUT2D eigenvalue weighted by atomic mass is 32.1. The predicted molar refractivity (Wildman–Crippen MR) is 139 cm³/mol. The zero-order valence-corrected chi connectivity index (χ0v) is 22.1. The molecule has 3 aromatic rings. The number of fused-ring (bicyclic) bond motifs is 1. The fraction of sp³-hybridized carbons (Fsp3) is 0.458. The van der Waals surface area contributed by atoms with E-state index < -0.39 is 53.6 Å². The Morgan fingerprint density at radius 2 is 1.95 bits per heavy atom. The molecule has 214 valence electrons. The molecule has 5 rings (SSSR count). The van der Waals surface area contributed by atoms with Crippen molar-refractivity contribution < 1.29 is 44.2 Å². The molecule has 5 unspecified atom stereocenters. The van der Waals surface area contributed by atoms with Gasteiger partial charge in [0, 0.05) is 38.0 Å². The van der Waals surface area contributed by atoms with Crippen LogP contribution in [0.4, 0.5) is 5.82 Å². The molecule has 2 saturated heterocycles. The third-order valence-electron chi connectivity index (χ3n) is 6.98. The monoisotopic (exact) mass is 577 g/mol. The van der Waals surface area contributed by atoms with E-state index in [4.69, 9.17) is 19.2 Å². The van der Waals surface area contributed by atoms with Crippen molar-refractivity contribution in [3.05, 3.63) is 45.7 Å². The van der Waals surface area contributed by atoms with Crippen LogP contribution in [0, 0.1) is 0 Å². The number of esters is 1. The van der Waals surface area contributed by atoms with Crippen molar-refractivity contribution in [3.63, 3.8) is 0 Å². The number of aliphatic hydroxyl groups excluding tert-OH is 3. The highest BCUT2D eigenvalue weighted by Gasteiger charge is 2.48. The summed E-state index contributed by atoms with van der Waals surface area (Å²) in [5.74, 6) is -2.32. The number of aliphatic carboxylic acids is 1. The van der Waals surface area contributed by atoms with Crippen molar-refractivity contribution >= 4 is 40.1 Å². The summed E-state index contributed by atoms with van der Waals surface area (Å²) < 4.78 is 17.2. The first-order valence-corrected chi connectivity index (χ1v) is 13.1. The van der Waals surface area contributed by atoms with Crippen LogP contribution in [-0.4, -0.2) is 117 Å². The number of nitrogens with zero attached hydrogens (tertiary/aromatic N) is 4. The van der Waals surface area contributed by atoms with Gasteiger partial charge in [0.05, 0.1) is 17.5 Å². The molecule has 15 nitrogen and oxygen atoms in total. The third-order valence-corrected chi connectivity index (χ3v) is 7.75. The van der Waals surface area contributed by atoms with Crippen LogP contribution in [0.1, 0.15) is 10.4 Å². The highest BCUT2D eigenvalue weighted by molar-refractivity contribution is 7.12. The van der Waals surface area contributed by atoms with Gasteiger partial charge >= 0.3 is 11.9 Å². The minimum Gasteiger partial charge on any atom is -0.479 e. The first-order chi connectivity index (χ1) is 19.1. The van der Waals surface area contributed by atoms with E-state index in [9.17, 15) is 34.8 Å². The fourth-order valence-electron chi connectivity index (χ4n) is 4.79. The molecule has 40 heavy (non-hydrogen) atoms. The second-order valence-electron chi connectivity index (χ2n) is 9.31. The van der Waals surface area contributed by atoms with Crippen molar-refractivity contribution in [2.75, 3.05) is 32.1 Å². The molecule has 0 amide bonds. The molecule has 0 radical (unpaired) electrons. The molecule has 0 bridgehead atoms. The Balaban J connectivity index is 1.52. The number of anilines is 1. The van der Waals surface area contributed by atoms with Gasteiger partial charge in [-0.2, -0.15) is 0 Å². The second kappa shape index (κ2) is 11.2. The predicted octanol–water partition coefficient (Wildman–Crippen LogP) is -1.69. The van der Waals surface area contributed by atoms with E-state index in [2.05, 4.69) is 10.3 Å². The molecule has 2 fully saturated rings. The number of ether oxygens (including phenoxy) is 3. The van der Waals surface area contributed by atoms with Gasteiger partial charge < -0.3 is 44.9 Å². The highest BCUT2D eigenvalue weighted by Crippen LogP contribution is 2.26. The van der Waals surface area contributed by atoms with Crippen LogP contribution in [0.3, 0.4) is 0 Å². The number of methoxy groups -OCH3 is 1. The topological polar surface area (TPSA) is 206 Å². The number of hydrogen-bond donors (Lipinski definition) is 5. The lowest BCUT2D eigenvalue weighted by atomic mass is 9.99. The van der Waals surface area contributed by atoms with Crippen LogP contribution in [0.15, 0.2) is 34.7 Å². The number of carbonyl (C=O) groups is 2. The lowest BCUT2D eigenvalue weighted by Crippen LogP contribution is -2.60. The van der Waals surface area contributed by atoms with Crippen LogP contribution < -0.4 is 15.6 Å². The Morgan fingerprint density at radius 1 is 1.18 bits per heavy atom. The molecule has 5 heterocycles. The van der Waals surface area contributed by atoms with Crippen molar-refractivity contribution in [1.29, 1.82) is 0 Å². The average molecular weight is 578 g/mol. The molecule has 0 aromatic carbocycles. The van der Waals surface area contributed by atoms with Crippen LogP contribution in [0.5, 0.6) is 0 Å². The quantitative estimate of drug-likeness (QED) is 0.199. The number of likely N-dealkylation sites (N-methyl/N-ethyl adjacent to an activating group) is 1. The summed E-state index contributed by atoms with van der Waals surface area (Å²) in [6, 6.07) is 3.25. The Labute approximate surface area is 230 Å². The molecule has 2 aliphatic rings. The van der Waals surface area contributed by atoms with Gasteiger partial charge in [-0.1, -0.05) is 0 Å². The molecule has 16 heteroatoms. The van der Waals surface area contributed by atoms with E-state index in [0.29, 0.717) is 24.0 Å². The minimum atomic E-state index is -1.98. The third kappa shape index (κ3) is 4.94. The fourth-order valence-corrected chi connectivity index (χ4v) is 5.41. The van der Waals surface area contributed by atoms with Crippen molar-refractivity contribution in [3.8, 4) is 5.13 Å². The molecular formula is C24H27N5O10S. The molecule has 5 N–H and O–H groups in total. The normalized spacial score (nSPS) is 28.6. The van der Waals surface area contributed by atoms with Gasteiger partial charge in [0.1, 0.15) is 29.7 Å². The van der Waals surface area contributed by atoms with Gasteiger partial charge in [0.15, 0.2) is 16.9 Å². The Kier molecular flexibility index (Phi) is 7.83. The van der Waals surface area contributed by atoms with Gasteiger partial charge in [-0.05, 0) is 19.2 Å². The minimum absolute atomic E-state index is 0.0681. The summed E-state index contributed by atoms with van der Waals surface area (Å²) in [7, 11) is 3.48. The van der Waals surface area contributed by atoms with Gasteiger partial charge in [-0.15, -0.1) is 11.3 Å². The number of aromatic nitrogens is 3. The zero-order valence-electron chi connectivity index (χ0n) is 21.3. The standard InChI is InChI=1S/C24H27N5O10S/c1-25-12-8-28(9-13(12)37-2)14-4-3-10-15(30)11(7-29(20(10)27-14)24-26-5-6-40-24)22(36)39-23-18(33)16(31)17(32)19(38-23)21(34)35/h3-7,12-13,16-19,23,25,31-33H,8-9H2,1-2H3,(H,34,35)/t12-,13-,16?,17?,18?,19?,23?/m0/s1. The molecule has 7 atom stereocenters. The number of hydrogen-bond acceptors (Lipinski definition) is 14. The lowest BCUT2D eigenvalue weighted by molar-refractivity contribution is -0.278. The maximum atomic E-state index is 13.4.